The summed E-state index contributed by atoms with van der Waals surface area (Å²) in [6, 6.07) is 66.6. The highest BCUT2D eigenvalue weighted by Crippen LogP contribution is 2.52. The third-order valence-electron chi connectivity index (χ3n) is 11.0. The maximum absolute atomic E-state index is 2.50. The molecule has 0 saturated heterocycles. The third-order valence-corrected chi connectivity index (χ3v) is 11.0. The molecule has 0 atom stereocenters. The summed E-state index contributed by atoms with van der Waals surface area (Å²) in [5.74, 6) is 0. The van der Waals surface area contributed by atoms with Crippen LogP contribution in [0.2, 0.25) is 0 Å². The normalized spacial score (nSPS) is 13.1. The van der Waals surface area contributed by atoms with E-state index in [0.29, 0.717) is 0 Å². The van der Waals surface area contributed by atoms with Gasteiger partial charge in [0, 0.05) is 32.8 Å². The van der Waals surface area contributed by atoms with Crippen LogP contribution >= 0.6 is 0 Å². The molecule has 0 bridgehead atoms. The second-order valence-electron chi connectivity index (χ2n) is 14.1. The standard InChI is InChI=1S/C49H36N2/c1-49(2)41-24-11-8-22-38(41)39-31-30-35(32-42(39)49)50(43-25-12-9-21-36(43)33-16-4-3-5-17-33)46-28-15-29-47-48(46)40-23-10-13-26-45(40)51(47)44-27-14-19-34-18-6-7-20-37(34)44/h3-32H,1-2H3. The van der Waals surface area contributed by atoms with Gasteiger partial charge in [0.1, 0.15) is 0 Å². The van der Waals surface area contributed by atoms with Crippen LogP contribution in [0.15, 0.2) is 182 Å². The average molecular weight is 653 g/mol. The molecular formula is C49H36N2. The van der Waals surface area contributed by atoms with E-state index in [9.17, 15) is 0 Å². The van der Waals surface area contributed by atoms with Gasteiger partial charge in [0.05, 0.1) is 28.1 Å². The van der Waals surface area contributed by atoms with Crippen LogP contribution in [0.1, 0.15) is 25.0 Å². The lowest BCUT2D eigenvalue weighted by Gasteiger charge is -2.30. The number of anilines is 3. The zero-order valence-corrected chi connectivity index (χ0v) is 28.7. The predicted molar refractivity (Wildman–Crippen MR) is 216 cm³/mol. The van der Waals surface area contributed by atoms with Gasteiger partial charge in [-0.25, -0.2) is 0 Å². The van der Waals surface area contributed by atoms with Crippen molar-refractivity contribution in [1.82, 2.24) is 4.57 Å². The minimum Gasteiger partial charge on any atom is -0.309 e. The van der Waals surface area contributed by atoms with Crippen LogP contribution in [-0.4, -0.2) is 4.57 Å². The summed E-state index contributed by atoms with van der Waals surface area (Å²) in [6.45, 7) is 4.73. The van der Waals surface area contributed by atoms with Crippen LogP contribution in [-0.2, 0) is 5.41 Å². The Kier molecular flexibility index (Phi) is 6.56. The van der Waals surface area contributed by atoms with Gasteiger partial charge in [-0.3, -0.25) is 0 Å². The number of hydrogen-bond donors (Lipinski definition) is 0. The first-order valence-corrected chi connectivity index (χ1v) is 17.8. The molecule has 51 heavy (non-hydrogen) atoms. The van der Waals surface area contributed by atoms with E-state index in [1.165, 1.54) is 71.6 Å². The van der Waals surface area contributed by atoms with Crippen LogP contribution in [0.4, 0.5) is 17.1 Å². The zero-order chi connectivity index (χ0) is 34.1. The van der Waals surface area contributed by atoms with Gasteiger partial charge < -0.3 is 9.47 Å². The number of aromatic nitrogens is 1. The van der Waals surface area contributed by atoms with Crippen molar-refractivity contribution in [1.29, 1.82) is 0 Å². The Morgan fingerprint density at radius 3 is 1.96 bits per heavy atom. The van der Waals surface area contributed by atoms with Gasteiger partial charge in [-0.05, 0) is 75.7 Å². The van der Waals surface area contributed by atoms with Gasteiger partial charge in [0.15, 0.2) is 0 Å². The molecule has 0 unspecified atom stereocenters. The van der Waals surface area contributed by atoms with Crippen molar-refractivity contribution in [2.24, 2.45) is 0 Å². The van der Waals surface area contributed by atoms with Gasteiger partial charge in [-0.15, -0.1) is 0 Å². The van der Waals surface area contributed by atoms with Crippen LogP contribution < -0.4 is 4.90 Å². The summed E-state index contributed by atoms with van der Waals surface area (Å²) < 4.78 is 2.46. The van der Waals surface area contributed by atoms with E-state index in [1.54, 1.807) is 0 Å². The van der Waals surface area contributed by atoms with E-state index in [0.717, 1.165) is 17.1 Å². The van der Waals surface area contributed by atoms with Crippen molar-refractivity contribution in [3.63, 3.8) is 0 Å². The van der Waals surface area contributed by atoms with Gasteiger partial charge in [0.25, 0.3) is 0 Å². The van der Waals surface area contributed by atoms with E-state index < -0.39 is 0 Å². The number of rotatable bonds is 5. The molecule has 0 aliphatic heterocycles. The van der Waals surface area contributed by atoms with E-state index >= 15 is 0 Å². The van der Waals surface area contributed by atoms with Crippen LogP contribution in [0.25, 0.3) is 60.5 Å². The Morgan fingerprint density at radius 1 is 0.451 bits per heavy atom. The fourth-order valence-electron chi connectivity index (χ4n) is 8.62. The van der Waals surface area contributed by atoms with Gasteiger partial charge in [0.2, 0.25) is 0 Å². The lowest BCUT2D eigenvalue weighted by molar-refractivity contribution is 0.660. The molecule has 1 heterocycles. The monoisotopic (exact) mass is 652 g/mol. The van der Waals surface area contributed by atoms with Crippen molar-refractivity contribution in [3.05, 3.63) is 193 Å². The Hall–Kier alpha value is -6.38. The smallest absolute Gasteiger partial charge is 0.0562 e. The first-order valence-electron chi connectivity index (χ1n) is 17.8. The van der Waals surface area contributed by atoms with Crippen LogP contribution in [0, 0.1) is 0 Å². The molecule has 1 aliphatic carbocycles. The maximum Gasteiger partial charge on any atom is 0.0562 e. The van der Waals surface area contributed by atoms with Crippen LogP contribution in [0.3, 0.4) is 0 Å². The summed E-state index contributed by atoms with van der Waals surface area (Å²) in [5.41, 5.74) is 14.7. The molecule has 8 aromatic carbocycles. The molecule has 0 spiro atoms. The minimum atomic E-state index is -0.122. The second-order valence-corrected chi connectivity index (χ2v) is 14.1. The number of benzene rings is 8. The lowest BCUT2D eigenvalue weighted by atomic mass is 9.82. The van der Waals surface area contributed by atoms with E-state index in [2.05, 4.69) is 205 Å². The van der Waals surface area contributed by atoms with Gasteiger partial charge >= 0.3 is 0 Å². The molecular weight excluding hydrogens is 617 g/mol. The molecule has 9 aromatic rings. The highest BCUT2D eigenvalue weighted by molar-refractivity contribution is 6.17. The Balaban J connectivity index is 1.30. The summed E-state index contributed by atoms with van der Waals surface area (Å²) in [4.78, 5) is 2.50. The molecule has 0 radical (unpaired) electrons. The quantitative estimate of drug-likeness (QED) is 0.180. The van der Waals surface area contributed by atoms with Crippen molar-refractivity contribution < 1.29 is 0 Å². The Labute approximate surface area is 298 Å². The molecule has 0 fully saturated rings. The van der Waals surface area contributed by atoms with Crippen LogP contribution in [0.5, 0.6) is 0 Å². The Bertz CT molecular complexity index is 2780. The van der Waals surface area contributed by atoms with Gasteiger partial charge in [-0.1, -0.05) is 153 Å². The highest BCUT2D eigenvalue weighted by Gasteiger charge is 2.36. The SMILES string of the molecule is CC1(C)c2ccccc2-c2ccc(N(c3ccccc3-c3ccccc3)c3cccc4c3c3ccccc3n4-c3cccc4ccccc34)cc21. The second kappa shape index (κ2) is 11.3. The fraction of sp³-hybridized carbons (Fsp3) is 0.0612. The summed E-state index contributed by atoms with van der Waals surface area (Å²) >= 11 is 0. The largest absolute Gasteiger partial charge is 0.309 e. The molecule has 0 N–H and O–H groups in total. The first-order chi connectivity index (χ1) is 25.1. The fourth-order valence-corrected chi connectivity index (χ4v) is 8.62. The molecule has 0 amide bonds. The van der Waals surface area contributed by atoms with Crippen molar-refractivity contribution in [2.45, 2.75) is 19.3 Å². The van der Waals surface area contributed by atoms with E-state index in [4.69, 9.17) is 0 Å². The number of hydrogen-bond acceptors (Lipinski definition) is 1. The molecule has 242 valence electrons. The molecule has 1 aliphatic rings. The number of para-hydroxylation sites is 2. The molecule has 1 aromatic heterocycles. The number of nitrogens with zero attached hydrogens (tertiary/aromatic N) is 2. The highest BCUT2D eigenvalue weighted by atomic mass is 15.2. The van der Waals surface area contributed by atoms with Crippen molar-refractivity contribution in [3.8, 4) is 27.9 Å². The molecule has 2 heteroatoms. The van der Waals surface area contributed by atoms with Gasteiger partial charge in [-0.2, -0.15) is 0 Å². The maximum atomic E-state index is 2.50. The average Bonchev–Trinajstić information content (AvgIpc) is 3.64. The lowest BCUT2D eigenvalue weighted by Crippen LogP contribution is -2.17. The predicted octanol–water partition coefficient (Wildman–Crippen LogP) is 13.4. The molecule has 10 rings (SSSR count). The zero-order valence-electron chi connectivity index (χ0n) is 28.7. The van der Waals surface area contributed by atoms with E-state index in [1.807, 2.05) is 0 Å². The summed E-state index contributed by atoms with van der Waals surface area (Å²) in [5, 5.41) is 4.93. The number of fused-ring (bicyclic) bond motifs is 7. The van der Waals surface area contributed by atoms with Crippen molar-refractivity contribution >= 4 is 49.6 Å². The van der Waals surface area contributed by atoms with E-state index in [-0.39, 0.29) is 5.41 Å². The summed E-state index contributed by atoms with van der Waals surface area (Å²) in [6.07, 6.45) is 0. The first kappa shape index (κ1) is 29.5. The third kappa shape index (κ3) is 4.43. The van der Waals surface area contributed by atoms with Crippen molar-refractivity contribution in [2.75, 3.05) is 4.90 Å². The minimum absolute atomic E-state index is 0.122. The molecule has 2 nitrogen and oxygen atoms in total. The molecule has 0 saturated carbocycles. The topological polar surface area (TPSA) is 8.17 Å². The summed E-state index contributed by atoms with van der Waals surface area (Å²) in [7, 11) is 0. The Morgan fingerprint density at radius 2 is 1.08 bits per heavy atom.